The fraction of sp³-hybridized carbons (Fsp3) is 0.619. The number of rotatable bonds is 5. The molecule has 1 aromatic rings. The third-order valence-corrected chi connectivity index (χ3v) is 6.12. The van der Waals surface area contributed by atoms with E-state index in [9.17, 15) is 4.79 Å². The number of para-hydroxylation sites is 1. The average molecular weight is 373 g/mol. The standard InChI is InChI=1S/C21H31N3O3/c1-3-27-20(25)24-12-8-17(9-13-24)23-14-10-21(16-22,11-15-23)18-6-4-5-7-19(18)26-2/h4-7,16-17,22H,3,8-15H2,1-2H3. The zero-order valence-corrected chi connectivity index (χ0v) is 16.4. The smallest absolute Gasteiger partial charge is 0.409 e. The molecule has 0 unspecified atom stereocenters. The van der Waals surface area contributed by atoms with Gasteiger partial charge in [0.05, 0.1) is 13.7 Å². The second-order valence-electron chi connectivity index (χ2n) is 7.45. The molecule has 27 heavy (non-hydrogen) atoms. The summed E-state index contributed by atoms with van der Waals surface area (Å²) in [7, 11) is 1.70. The third-order valence-electron chi connectivity index (χ3n) is 6.12. The number of carbonyl (C=O) groups is 1. The summed E-state index contributed by atoms with van der Waals surface area (Å²) >= 11 is 0. The quantitative estimate of drug-likeness (QED) is 0.804. The average Bonchev–Trinajstić information content (AvgIpc) is 2.74. The van der Waals surface area contributed by atoms with Gasteiger partial charge in [-0.3, -0.25) is 0 Å². The van der Waals surface area contributed by atoms with E-state index in [1.807, 2.05) is 30.0 Å². The molecule has 0 bridgehead atoms. The molecule has 1 amide bonds. The van der Waals surface area contributed by atoms with Gasteiger partial charge in [0, 0.05) is 36.3 Å². The maximum Gasteiger partial charge on any atom is 0.409 e. The van der Waals surface area contributed by atoms with Crippen LogP contribution in [0.2, 0.25) is 0 Å². The number of nitrogens with one attached hydrogen (secondary N) is 1. The Morgan fingerprint density at radius 2 is 1.89 bits per heavy atom. The van der Waals surface area contributed by atoms with Crippen molar-refractivity contribution in [2.45, 2.75) is 44.1 Å². The first-order valence-corrected chi connectivity index (χ1v) is 9.94. The van der Waals surface area contributed by atoms with Gasteiger partial charge >= 0.3 is 6.09 Å². The molecule has 2 fully saturated rings. The van der Waals surface area contributed by atoms with Gasteiger partial charge in [-0.05, 0) is 51.8 Å². The molecule has 0 radical (unpaired) electrons. The summed E-state index contributed by atoms with van der Waals surface area (Å²) in [6, 6.07) is 8.60. The van der Waals surface area contributed by atoms with E-state index < -0.39 is 0 Å². The second-order valence-corrected chi connectivity index (χ2v) is 7.45. The van der Waals surface area contributed by atoms with Gasteiger partial charge in [0.15, 0.2) is 0 Å². The predicted molar refractivity (Wildman–Crippen MR) is 106 cm³/mol. The summed E-state index contributed by atoms with van der Waals surface area (Å²) in [5, 5.41) is 8.12. The van der Waals surface area contributed by atoms with Crippen molar-refractivity contribution in [1.82, 2.24) is 9.80 Å². The lowest BCUT2D eigenvalue weighted by Crippen LogP contribution is -2.51. The molecular formula is C21H31N3O3. The molecule has 2 aliphatic heterocycles. The van der Waals surface area contributed by atoms with Crippen molar-refractivity contribution in [3.63, 3.8) is 0 Å². The highest BCUT2D eigenvalue weighted by Crippen LogP contribution is 2.39. The minimum atomic E-state index is -0.241. The number of ether oxygens (including phenoxy) is 2. The van der Waals surface area contributed by atoms with Gasteiger partial charge in [-0.2, -0.15) is 0 Å². The second kappa shape index (κ2) is 8.74. The molecule has 1 aromatic carbocycles. The summed E-state index contributed by atoms with van der Waals surface area (Å²) in [5.41, 5.74) is 0.883. The number of carbonyl (C=O) groups excluding carboxylic acids is 1. The van der Waals surface area contributed by atoms with Crippen LogP contribution in [0.25, 0.3) is 0 Å². The van der Waals surface area contributed by atoms with E-state index in [1.165, 1.54) is 0 Å². The highest BCUT2D eigenvalue weighted by atomic mass is 16.6. The van der Waals surface area contributed by atoms with Gasteiger partial charge in [0.2, 0.25) is 0 Å². The topological polar surface area (TPSA) is 65.9 Å². The molecule has 0 aromatic heterocycles. The Morgan fingerprint density at radius 3 is 2.48 bits per heavy atom. The van der Waals surface area contributed by atoms with Crippen molar-refractivity contribution >= 4 is 12.3 Å². The number of piperidine rings is 2. The molecule has 6 nitrogen and oxygen atoms in total. The highest BCUT2D eigenvalue weighted by Gasteiger charge is 2.39. The monoisotopic (exact) mass is 373 g/mol. The minimum absolute atomic E-state index is 0.186. The molecule has 0 atom stereocenters. The highest BCUT2D eigenvalue weighted by molar-refractivity contribution is 5.73. The first kappa shape index (κ1) is 19.7. The van der Waals surface area contributed by atoms with Crippen LogP contribution in [0, 0.1) is 5.41 Å². The molecule has 3 rings (SSSR count). The van der Waals surface area contributed by atoms with Crippen molar-refractivity contribution < 1.29 is 14.3 Å². The zero-order valence-electron chi connectivity index (χ0n) is 16.4. The van der Waals surface area contributed by atoms with Crippen molar-refractivity contribution in [3.05, 3.63) is 29.8 Å². The first-order valence-electron chi connectivity index (χ1n) is 9.94. The molecule has 0 spiro atoms. The van der Waals surface area contributed by atoms with Gasteiger partial charge < -0.3 is 24.7 Å². The SMILES string of the molecule is CCOC(=O)N1CCC(N2CCC(C=N)(c3ccccc3OC)CC2)CC1. The maximum atomic E-state index is 11.9. The normalized spacial score (nSPS) is 20.9. The minimum Gasteiger partial charge on any atom is -0.496 e. The molecule has 2 heterocycles. The Labute approximate surface area is 161 Å². The van der Waals surface area contributed by atoms with E-state index in [0.717, 1.165) is 63.2 Å². The molecule has 2 aliphatic rings. The summed E-state index contributed by atoms with van der Waals surface area (Å²) in [6.07, 6.45) is 5.26. The number of benzene rings is 1. The van der Waals surface area contributed by atoms with Gasteiger partial charge in [-0.15, -0.1) is 0 Å². The summed E-state index contributed by atoms with van der Waals surface area (Å²) in [6.45, 7) is 5.74. The molecule has 6 heteroatoms. The van der Waals surface area contributed by atoms with Crippen LogP contribution >= 0.6 is 0 Å². The number of hydrogen-bond acceptors (Lipinski definition) is 5. The summed E-state index contributed by atoms with van der Waals surface area (Å²) in [5.74, 6) is 0.872. The van der Waals surface area contributed by atoms with Crippen LogP contribution in [0.3, 0.4) is 0 Å². The summed E-state index contributed by atoms with van der Waals surface area (Å²) in [4.78, 5) is 16.2. The van der Waals surface area contributed by atoms with Crippen LogP contribution in [0.1, 0.15) is 38.2 Å². The van der Waals surface area contributed by atoms with E-state index in [2.05, 4.69) is 11.0 Å². The van der Waals surface area contributed by atoms with Crippen LogP contribution in [-0.2, 0) is 10.2 Å². The van der Waals surface area contributed by atoms with Crippen LogP contribution < -0.4 is 4.74 Å². The fourth-order valence-electron chi connectivity index (χ4n) is 4.46. The lowest BCUT2D eigenvalue weighted by Gasteiger charge is -2.45. The van der Waals surface area contributed by atoms with Crippen molar-refractivity contribution in [2.24, 2.45) is 0 Å². The van der Waals surface area contributed by atoms with Crippen molar-refractivity contribution in [3.8, 4) is 5.75 Å². The van der Waals surface area contributed by atoms with E-state index >= 15 is 0 Å². The molecule has 0 saturated carbocycles. The number of nitrogens with zero attached hydrogens (tertiary/aromatic N) is 2. The Hall–Kier alpha value is -2.08. The third kappa shape index (κ3) is 4.10. The van der Waals surface area contributed by atoms with Crippen molar-refractivity contribution in [1.29, 1.82) is 5.41 Å². The predicted octanol–water partition coefficient (Wildman–Crippen LogP) is 3.30. The number of methoxy groups -OCH3 is 1. The Morgan fingerprint density at radius 1 is 1.22 bits per heavy atom. The lowest BCUT2D eigenvalue weighted by molar-refractivity contribution is 0.0629. The van der Waals surface area contributed by atoms with Crippen LogP contribution in [0.15, 0.2) is 24.3 Å². The van der Waals surface area contributed by atoms with Gasteiger partial charge in [-0.25, -0.2) is 4.79 Å². The van der Waals surface area contributed by atoms with Gasteiger partial charge in [0.25, 0.3) is 0 Å². The molecule has 2 saturated heterocycles. The Bertz CT molecular complexity index is 648. The largest absolute Gasteiger partial charge is 0.496 e. The van der Waals surface area contributed by atoms with E-state index in [4.69, 9.17) is 14.9 Å². The molecule has 0 aliphatic carbocycles. The number of hydrogen-bond donors (Lipinski definition) is 1. The zero-order chi connectivity index (χ0) is 19.3. The molecule has 1 N–H and O–H groups in total. The number of amides is 1. The van der Waals surface area contributed by atoms with E-state index in [0.29, 0.717) is 12.6 Å². The van der Waals surface area contributed by atoms with Gasteiger partial charge in [-0.1, -0.05) is 18.2 Å². The van der Waals surface area contributed by atoms with Crippen molar-refractivity contribution in [2.75, 3.05) is 39.9 Å². The Kier molecular flexibility index (Phi) is 6.37. The van der Waals surface area contributed by atoms with Crippen LogP contribution in [-0.4, -0.2) is 68.0 Å². The molecule has 148 valence electrons. The fourth-order valence-corrected chi connectivity index (χ4v) is 4.46. The summed E-state index contributed by atoms with van der Waals surface area (Å²) < 4.78 is 10.7. The van der Waals surface area contributed by atoms with E-state index in [-0.39, 0.29) is 11.5 Å². The Balaban J connectivity index is 1.60. The molecular weight excluding hydrogens is 342 g/mol. The van der Waals surface area contributed by atoms with E-state index in [1.54, 1.807) is 13.3 Å². The lowest BCUT2D eigenvalue weighted by atomic mass is 9.73. The maximum absolute atomic E-state index is 11.9. The van der Waals surface area contributed by atoms with Crippen LogP contribution in [0.4, 0.5) is 4.79 Å². The number of likely N-dealkylation sites (tertiary alicyclic amines) is 2. The van der Waals surface area contributed by atoms with Gasteiger partial charge in [0.1, 0.15) is 5.75 Å². The first-order chi connectivity index (χ1) is 13.1. The van der Waals surface area contributed by atoms with Crippen LogP contribution in [0.5, 0.6) is 5.75 Å².